The summed E-state index contributed by atoms with van der Waals surface area (Å²) in [6.45, 7) is 10.7. The number of benzene rings is 1. The van der Waals surface area contributed by atoms with Crippen LogP contribution in [0.4, 0.5) is 0 Å². The maximum atomic E-state index is 8.28. The van der Waals surface area contributed by atoms with Crippen molar-refractivity contribution in [3.05, 3.63) is 76.9 Å². The van der Waals surface area contributed by atoms with Gasteiger partial charge in [0.15, 0.2) is 0 Å². The molecule has 0 aliphatic heterocycles. The predicted molar refractivity (Wildman–Crippen MR) is 118 cm³/mol. The fourth-order valence-electron chi connectivity index (χ4n) is 4.07. The van der Waals surface area contributed by atoms with E-state index in [1.165, 1.54) is 23.1 Å². The van der Waals surface area contributed by atoms with Crippen LogP contribution in [-0.2, 0) is 6.42 Å². The van der Waals surface area contributed by atoms with Gasteiger partial charge in [0.05, 0.1) is 0 Å². The lowest BCUT2D eigenvalue weighted by Crippen LogP contribution is -2.05. The summed E-state index contributed by atoms with van der Waals surface area (Å²) < 4.78 is 0. The minimum Gasteiger partial charge on any atom is -0.305 e. The average molecular weight is 360 g/mol. The van der Waals surface area contributed by atoms with Crippen LogP contribution in [0.1, 0.15) is 69.1 Å². The molecule has 0 bridgehead atoms. The monoisotopic (exact) mass is 359 g/mol. The number of hydrogen-bond donors (Lipinski definition) is 1. The second-order valence-corrected chi connectivity index (χ2v) is 8.15. The Morgan fingerprint density at radius 2 is 2.04 bits per heavy atom. The molecule has 1 saturated carbocycles. The van der Waals surface area contributed by atoms with Crippen LogP contribution in [0.2, 0.25) is 0 Å². The fourth-order valence-corrected chi connectivity index (χ4v) is 4.07. The lowest BCUT2D eigenvalue weighted by molar-refractivity contribution is 0.762. The van der Waals surface area contributed by atoms with E-state index in [2.05, 4.69) is 69.9 Å². The molecule has 27 heavy (non-hydrogen) atoms. The SMILES string of the molecule is C=Cc1ccc(C2CC2C)c(CC/C2=C/C(C(=N)CC)=C\CC=CC2C)c1. The van der Waals surface area contributed by atoms with Crippen molar-refractivity contribution >= 4 is 11.8 Å². The van der Waals surface area contributed by atoms with E-state index in [4.69, 9.17) is 5.41 Å². The highest BCUT2D eigenvalue weighted by Crippen LogP contribution is 2.48. The molecule has 3 rings (SSSR count). The summed E-state index contributed by atoms with van der Waals surface area (Å²) in [6, 6.07) is 6.87. The number of allylic oxidation sites excluding steroid dienone is 6. The van der Waals surface area contributed by atoms with E-state index in [1.54, 1.807) is 5.56 Å². The fraction of sp³-hybridized carbons (Fsp3) is 0.423. The first-order valence-corrected chi connectivity index (χ1v) is 10.4. The van der Waals surface area contributed by atoms with Gasteiger partial charge in [-0.15, -0.1) is 0 Å². The van der Waals surface area contributed by atoms with E-state index in [0.717, 1.165) is 48.8 Å². The van der Waals surface area contributed by atoms with Crippen LogP contribution in [-0.4, -0.2) is 5.71 Å². The van der Waals surface area contributed by atoms with E-state index in [1.807, 2.05) is 6.08 Å². The molecule has 0 aromatic heterocycles. The maximum absolute atomic E-state index is 8.28. The van der Waals surface area contributed by atoms with Gasteiger partial charge in [-0.1, -0.05) is 81.5 Å². The molecule has 0 saturated heterocycles. The summed E-state index contributed by atoms with van der Waals surface area (Å²) in [5.41, 5.74) is 7.54. The molecule has 0 amide bonds. The summed E-state index contributed by atoms with van der Waals surface area (Å²) in [5, 5.41) is 8.28. The van der Waals surface area contributed by atoms with Crippen molar-refractivity contribution in [2.45, 2.75) is 58.8 Å². The minimum atomic E-state index is 0.434. The van der Waals surface area contributed by atoms with E-state index < -0.39 is 0 Å². The van der Waals surface area contributed by atoms with Crippen LogP contribution in [0.25, 0.3) is 6.08 Å². The van der Waals surface area contributed by atoms with Gasteiger partial charge in [0, 0.05) is 5.71 Å². The smallest absolute Gasteiger partial charge is 0.0380 e. The molecule has 3 atom stereocenters. The molecular formula is C26H33N. The number of rotatable bonds is 7. The summed E-state index contributed by atoms with van der Waals surface area (Å²) in [7, 11) is 0. The molecule has 1 aromatic carbocycles. The number of aryl methyl sites for hydroxylation is 1. The number of hydrogen-bond acceptors (Lipinski definition) is 1. The van der Waals surface area contributed by atoms with Crippen molar-refractivity contribution in [3.8, 4) is 0 Å². The van der Waals surface area contributed by atoms with Crippen LogP contribution in [0, 0.1) is 17.2 Å². The van der Waals surface area contributed by atoms with Crippen LogP contribution in [0.5, 0.6) is 0 Å². The first kappa shape index (κ1) is 19.6. The molecular weight excluding hydrogens is 326 g/mol. The average Bonchev–Trinajstić information content (AvgIpc) is 3.40. The molecule has 1 heteroatoms. The zero-order valence-corrected chi connectivity index (χ0v) is 17.1. The molecule has 3 unspecified atom stereocenters. The van der Waals surface area contributed by atoms with Crippen molar-refractivity contribution in [2.75, 3.05) is 0 Å². The Morgan fingerprint density at radius 1 is 1.26 bits per heavy atom. The van der Waals surface area contributed by atoms with Crippen molar-refractivity contribution in [1.29, 1.82) is 5.41 Å². The predicted octanol–water partition coefficient (Wildman–Crippen LogP) is 7.26. The zero-order chi connectivity index (χ0) is 19.4. The van der Waals surface area contributed by atoms with Gasteiger partial charge in [0.2, 0.25) is 0 Å². The Labute approximate surface area is 165 Å². The van der Waals surface area contributed by atoms with Gasteiger partial charge in [-0.3, -0.25) is 0 Å². The highest BCUT2D eigenvalue weighted by atomic mass is 14.4. The van der Waals surface area contributed by atoms with Gasteiger partial charge in [-0.2, -0.15) is 0 Å². The van der Waals surface area contributed by atoms with Gasteiger partial charge in [0.25, 0.3) is 0 Å². The third-order valence-electron chi connectivity index (χ3n) is 6.12. The largest absolute Gasteiger partial charge is 0.305 e. The Hall–Kier alpha value is -2.15. The molecule has 1 N–H and O–H groups in total. The Kier molecular flexibility index (Phi) is 6.31. The second kappa shape index (κ2) is 8.69. The van der Waals surface area contributed by atoms with E-state index in [0.29, 0.717) is 5.92 Å². The molecule has 1 aromatic rings. The third kappa shape index (κ3) is 4.77. The molecule has 1 fully saturated rings. The molecule has 0 spiro atoms. The zero-order valence-electron chi connectivity index (χ0n) is 17.1. The highest BCUT2D eigenvalue weighted by Gasteiger charge is 2.35. The highest BCUT2D eigenvalue weighted by molar-refractivity contribution is 6.00. The molecule has 0 radical (unpaired) electrons. The van der Waals surface area contributed by atoms with Crippen LogP contribution in [0.15, 0.2) is 60.2 Å². The van der Waals surface area contributed by atoms with Crippen LogP contribution in [0.3, 0.4) is 0 Å². The topological polar surface area (TPSA) is 23.9 Å². The molecule has 0 heterocycles. The lowest BCUT2D eigenvalue weighted by atomic mass is 9.87. The van der Waals surface area contributed by atoms with E-state index in [-0.39, 0.29) is 0 Å². The van der Waals surface area contributed by atoms with Gasteiger partial charge in [-0.05, 0) is 72.1 Å². The Balaban J connectivity index is 1.84. The molecule has 142 valence electrons. The molecule has 2 aliphatic carbocycles. The number of nitrogens with one attached hydrogen (secondary N) is 1. The first-order valence-electron chi connectivity index (χ1n) is 10.4. The summed E-state index contributed by atoms with van der Waals surface area (Å²) in [4.78, 5) is 0. The quantitative estimate of drug-likeness (QED) is 0.391. The lowest BCUT2D eigenvalue weighted by Gasteiger charge is -2.18. The van der Waals surface area contributed by atoms with Crippen molar-refractivity contribution in [2.24, 2.45) is 11.8 Å². The maximum Gasteiger partial charge on any atom is 0.0380 e. The van der Waals surface area contributed by atoms with Crippen molar-refractivity contribution in [3.63, 3.8) is 0 Å². The van der Waals surface area contributed by atoms with Crippen molar-refractivity contribution < 1.29 is 0 Å². The summed E-state index contributed by atoms with van der Waals surface area (Å²) in [5.74, 6) is 2.00. The third-order valence-corrected chi connectivity index (χ3v) is 6.12. The Morgan fingerprint density at radius 3 is 2.70 bits per heavy atom. The second-order valence-electron chi connectivity index (χ2n) is 8.15. The van der Waals surface area contributed by atoms with Gasteiger partial charge < -0.3 is 5.41 Å². The summed E-state index contributed by atoms with van der Waals surface area (Å²) >= 11 is 0. The normalized spacial score (nSPS) is 28.3. The Bertz CT molecular complexity index is 805. The molecule has 2 aliphatic rings. The van der Waals surface area contributed by atoms with Gasteiger partial charge in [-0.25, -0.2) is 0 Å². The minimum absolute atomic E-state index is 0.434. The van der Waals surface area contributed by atoms with E-state index >= 15 is 0 Å². The first-order chi connectivity index (χ1) is 13.0. The van der Waals surface area contributed by atoms with Gasteiger partial charge in [0.1, 0.15) is 0 Å². The standard InChI is InChI=1S/C26H33N/c1-5-20-11-14-24(25-15-19(25)4)22(16-20)13-12-21-17-23(26(27)6-2)10-8-7-9-18(21)3/h5,7,9-11,14,16-19,25,27H,1,6,8,12-13,15H2,2-4H3/b9-7?,21-17-,23-10+,27-26?. The van der Waals surface area contributed by atoms with Gasteiger partial charge >= 0.3 is 0 Å². The molecule has 1 nitrogen and oxygen atoms in total. The van der Waals surface area contributed by atoms with E-state index in [9.17, 15) is 0 Å². The summed E-state index contributed by atoms with van der Waals surface area (Å²) in [6.07, 6.45) is 16.2. The van der Waals surface area contributed by atoms with Crippen LogP contribution < -0.4 is 0 Å². The van der Waals surface area contributed by atoms with Crippen LogP contribution >= 0.6 is 0 Å². The van der Waals surface area contributed by atoms with Crippen molar-refractivity contribution in [1.82, 2.24) is 0 Å².